The van der Waals surface area contributed by atoms with E-state index in [1.165, 1.54) is 13.2 Å². The lowest BCUT2D eigenvalue weighted by Gasteiger charge is -2.38. The van der Waals surface area contributed by atoms with Crippen LogP contribution in [0.3, 0.4) is 0 Å². The van der Waals surface area contributed by atoms with Gasteiger partial charge in [-0.05, 0) is 40.5 Å². The zero-order valence-corrected chi connectivity index (χ0v) is 14.3. The molecule has 1 aromatic rings. The van der Waals surface area contributed by atoms with E-state index in [9.17, 15) is 9.59 Å². The van der Waals surface area contributed by atoms with Crippen LogP contribution >= 0.6 is 0 Å². The number of nitrogens with one attached hydrogen (secondary N) is 1. The molecule has 1 N–H and O–H groups in total. The molecule has 0 saturated carbocycles. The van der Waals surface area contributed by atoms with Gasteiger partial charge in [0.2, 0.25) is 5.76 Å². The van der Waals surface area contributed by atoms with Crippen molar-refractivity contribution >= 4 is 11.9 Å². The molecule has 1 aliphatic heterocycles. The number of ether oxygens (including phenoxy) is 2. The maximum Gasteiger partial charge on any atom is 0.376 e. The van der Waals surface area contributed by atoms with E-state index in [0.29, 0.717) is 24.7 Å². The van der Waals surface area contributed by atoms with Crippen molar-refractivity contribution in [1.29, 1.82) is 0 Å². The Morgan fingerprint density at radius 3 is 2.65 bits per heavy atom. The molecular weight excluding hydrogens is 300 g/mol. The average Bonchev–Trinajstić information content (AvgIpc) is 2.96. The summed E-state index contributed by atoms with van der Waals surface area (Å²) in [6.45, 7) is 7.90. The summed E-state index contributed by atoms with van der Waals surface area (Å²) in [4.78, 5) is 24.4. The van der Waals surface area contributed by atoms with Gasteiger partial charge in [-0.15, -0.1) is 0 Å². The van der Waals surface area contributed by atoms with Crippen LogP contribution in [0.5, 0.6) is 0 Å². The van der Waals surface area contributed by atoms with Crippen LogP contribution in [0.2, 0.25) is 0 Å². The summed E-state index contributed by atoms with van der Waals surface area (Å²) in [6.07, 6.45) is 1.36. The van der Waals surface area contributed by atoms with Gasteiger partial charge in [0.25, 0.3) is 0 Å². The van der Waals surface area contributed by atoms with Crippen molar-refractivity contribution in [2.45, 2.75) is 57.6 Å². The predicted octanol–water partition coefficient (Wildman–Crippen LogP) is 1.81. The van der Waals surface area contributed by atoms with E-state index >= 15 is 0 Å². The number of methoxy groups -OCH3 is 1. The molecule has 2 atom stereocenters. The van der Waals surface area contributed by atoms with Crippen molar-refractivity contribution in [2.75, 3.05) is 13.7 Å². The van der Waals surface area contributed by atoms with Gasteiger partial charge in [-0.1, -0.05) is 5.16 Å². The van der Waals surface area contributed by atoms with Gasteiger partial charge in [0.15, 0.2) is 0 Å². The van der Waals surface area contributed by atoms with Crippen LogP contribution in [0.1, 0.15) is 56.8 Å². The molecule has 1 fully saturated rings. The van der Waals surface area contributed by atoms with Crippen molar-refractivity contribution in [3.05, 3.63) is 17.5 Å². The van der Waals surface area contributed by atoms with Crippen molar-refractivity contribution in [3.63, 3.8) is 0 Å². The van der Waals surface area contributed by atoms with Gasteiger partial charge < -0.3 is 19.3 Å². The second-order valence-electron chi connectivity index (χ2n) is 6.97. The molecule has 0 spiro atoms. The van der Waals surface area contributed by atoms with Crippen LogP contribution in [-0.4, -0.2) is 42.4 Å². The fourth-order valence-corrected chi connectivity index (χ4v) is 2.57. The SMILES string of the molecule is COC(=O)c1cc([C@@]2(C(=O)OC(C)(C)C)CC[C@@H](C)NC2)no1. The number of hydrogen-bond donors (Lipinski definition) is 1. The Labute approximate surface area is 135 Å². The first kappa shape index (κ1) is 17.5. The Morgan fingerprint density at radius 1 is 1.43 bits per heavy atom. The summed E-state index contributed by atoms with van der Waals surface area (Å²) >= 11 is 0. The lowest BCUT2D eigenvalue weighted by molar-refractivity contribution is -0.163. The maximum atomic E-state index is 12.8. The third-order valence-corrected chi connectivity index (χ3v) is 3.93. The quantitative estimate of drug-likeness (QED) is 0.848. The van der Waals surface area contributed by atoms with Crippen molar-refractivity contribution in [3.8, 4) is 0 Å². The summed E-state index contributed by atoms with van der Waals surface area (Å²) in [5.74, 6) is -1.02. The highest BCUT2D eigenvalue weighted by Crippen LogP contribution is 2.35. The maximum absolute atomic E-state index is 12.8. The van der Waals surface area contributed by atoms with Crippen LogP contribution < -0.4 is 5.32 Å². The first-order chi connectivity index (χ1) is 10.7. The summed E-state index contributed by atoms with van der Waals surface area (Å²) < 4.78 is 15.3. The lowest BCUT2D eigenvalue weighted by atomic mass is 9.76. The molecule has 128 valence electrons. The van der Waals surface area contributed by atoms with E-state index in [4.69, 9.17) is 9.26 Å². The number of rotatable bonds is 3. The molecule has 0 bridgehead atoms. The molecule has 1 aliphatic rings. The molecule has 2 rings (SSSR count). The molecule has 0 amide bonds. The molecule has 1 saturated heterocycles. The third kappa shape index (κ3) is 3.72. The van der Waals surface area contributed by atoms with E-state index in [1.807, 2.05) is 20.8 Å². The minimum Gasteiger partial charge on any atom is -0.463 e. The number of esters is 2. The zero-order chi connectivity index (χ0) is 17.3. The Bertz CT molecular complexity index is 580. The molecule has 2 heterocycles. The summed E-state index contributed by atoms with van der Waals surface area (Å²) in [7, 11) is 1.26. The van der Waals surface area contributed by atoms with Gasteiger partial charge in [0, 0.05) is 18.7 Å². The van der Waals surface area contributed by atoms with E-state index < -0.39 is 17.0 Å². The van der Waals surface area contributed by atoms with Crippen LogP contribution in [0.4, 0.5) is 0 Å². The number of hydrogen-bond acceptors (Lipinski definition) is 7. The highest BCUT2D eigenvalue weighted by molar-refractivity contribution is 5.88. The second kappa shape index (κ2) is 6.31. The minimum absolute atomic E-state index is 0.0240. The van der Waals surface area contributed by atoms with Gasteiger partial charge in [-0.3, -0.25) is 4.79 Å². The average molecular weight is 324 g/mol. The van der Waals surface area contributed by atoms with Crippen LogP contribution in [0.25, 0.3) is 0 Å². The number of nitrogens with zero attached hydrogens (tertiary/aromatic N) is 1. The van der Waals surface area contributed by atoms with E-state index in [-0.39, 0.29) is 11.7 Å². The Morgan fingerprint density at radius 2 is 2.13 bits per heavy atom. The third-order valence-electron chi connectivity index (χ3n) is 3.93. The van der Waals surface area contributed by atoms with Crippen LogP contribution in [0, 0.1) is 0 Å². The fourth-order valence-electron chi connectivity index (χ4n) is 2.57. The standard InChI is InChI=1S/C16H24N2O5/c1-10-6-7-16(9-17-10,14(20)22-15(2,3)4)12-8-11(23-18-12)13(19)21-5/h8,10,17H,6-7,9H2,1-5H3/t10-,16-/m1/s1. The topological polar surface area (TPSA) is 90.7 Å². The number of carbonyl (C=O) groups is 2. The molecular formula is C16H24N2O5. The van der Waals surface area contributed by atoms with Gasteiger partial charge in [-0.25, -0.2) is 4.79 Å². The summed E-state index contributed by atoms with van der Waals surface area (Å²) in [6, 6.07) is 1.77. The first-order valence-corrected chi connectivity index (χ1v) is 7.70. The largest absolute Gasteiger partial charge is 0.463 e. The van der Waals surface area contributed by atoms with Crippen LogP contribution in [-0.2, 0) is 19.7 Å². The lowest BCUT2D eigenvalue weighted by Crippen LogP contribution is -2.54. The normalized spacial score (nSPS) is 25.0. The van der Waals surface area contributed by atoms with Crippen molar-refractivity contribution in [1.82, 2.24) is 10.5 Å². The second-order valence-corrected chi connectivity index (χ2v) is 6.97. The summed E-state index contributed by atoms with van der Waals surface area (Å²) in [5.41, 5.74) is -1.18. The van der Waals surface area contributed by atoms with Crippen LogP contribution in [0.15, 0.2) is 10.6 Å². The zero-order valence-electron chi connectivity index (χ0n) is 14.3. The number of aromatic nitrogens is 1. The number of carbonyl (C=O) groups excluding carboxylic acids is 2. The molecule has 23 heavy (non-hydrogen) atoms. The van der Waals surface area contributed by atoms with E-state index in [2.05, 4.69) is 22.1 Å². The highest BCUT2D eigenvalue weighted by Gasteiger charge is 2.48. The monoisotopic (exact) mass is 324 g/mol. The van der Waals surface area contributed by atoms with E-state index in [1.54, 1.807) is 0 Å². The van der Waals surface area contributed by atoms with Gasteiger partial charge >= 0.3 is 11.9 Å². The smallest absolute Gasteiger partial charge is 0.376 e. The first-order valence-electron chi connectivity index (χ1n) is 7.70. The summed E-state index contributed by atoms with van der Waals surface area (Å²) in [5, 5.41) is 7.23. The Hall–Kier alpha value is -1.89. The van der Waals surface area contributed by atoms with Crippen molar-refractivity contribution in [2.24, 2.45) is 0 Å². The molecule has 0 aromatic carbocycles. The Balaban J connectivity index is 2.36. The molecule has 0 aliphatic carbocycles. The minimum atomic E-state index is -0.963. The molecule has 0 unspecified atom stereocenters. The van der Waals surface area contributed by atoms with Gasteiger partial charge in [-0.2, -0.15) is 0 Å². The molecule has 0 radical (unpaired) electrons. The van der Waals surface area contributed by atoms with Crippen molar-refractivity contribution < 1.29 is 23.6 Å². The van der Waals surface area contributed by atoms with Gasteiger partial charge in [0.05, 0.1) is 7.11 Å². The molecule has 7 heteroatoms. The number of piperidine rings is 1. The van der Waals surface area contributed by atoms with E-state index in [0.717, 1.165) is 6.42 Å². The highest BCUT2D eigenvalue weighted by atomic mass is 16.6. The molecule has 1 aromatic heterocycles. The Kier molecular flexibility index (Phi) is 4.79. The molecule has 7 nitrogen and oxygen atoms in total. The fraction of sp³-hybridized carbons (Fsp3) is 0.688. The van der Waals surface area contributed by atoms with Gasteiger partial charge in [0.1, 0.15) is 16.7 Å². The predicted molar refractivity (Wildman–Crippen MR) is 82.1 cm³/mol.